The Bertz CT molecular complexity index is 856. The molecule has 0 unspecified atom stereocenters. The summed E-state index contributed by atoms with van der Waals surface area (Å²) in [7, 11) is 0. The number of carbonyl (C=O) groups is 1. The molecular formula is C22H26N4O. The Morgan fingerprint density at radius 1 is 1.07 bits per heavy atom. The second-order valence-corrected chi connectivity index (χ2v) is 6.71. The van der Waals surface area contributed by atoms with E-state index in [1.807, 2.05) is 22.8 Å². The van der Waals surface area contributed by atoms with E-state index in [9.17, 15) is 4.79 Å². The van der Waals surface area contributed by atoms with E-state index < -0.39 is 0 Å². The Labute approximate surface area is 160 Å². The zero-order valence-corrected chi connectivity index (χ0v) is 15.9. The highest BCUT2D eigenvalue weighted by molar-refractivity contribution is 5.77. The average Bonchev–Trinajstić information content (AvgIpc) is 3.15. The van der Waals surface area contributed by atoms with Gasteiger partial charge < -0.3 is 9.88 Å². The smallest absolute Gasteiger partial charge is 0.220 e. The van der Waals surface area contributed by atoms with Crippen molar-refractivity contribution in [3.8, 4) is 0 Å². The minimum atomic E-state index is 0.0473. The summed E-state index contributed by atoms with van der Waals surface area (Å²) in [5.74, 6) is 0.994. The van der Waals surface area contributed by atoms with E-state index in [0.29, 0.717) is 19.4 Å². The van der Waals surface area contributed by atoms with E-state index in [-0.39, 0.29) is 11.8 Å². The molecule has 1 amide bonds. The lowest BCUT2D eigenvalue weighted by Gasteiger charge is -2.18. The maximum Gasteiger partial charge on any atom is 0.220 e. The molecule has 0 saturated carbocycles. The van der Waals surface area contributed by atoms with Crippen molar-refractivity contribution >= 4 is 5.91 Å². The summed E-state index contributed by atoms with van der Waals surface area (Å²) in [6.07, 6.45) is 2.83. The molecule has 0 spiro atoms. The normalized spacial score (nSPS) is 11.9. The molecule has 27 heavy (non-hydrogen) atoms. The lowest BCUT2D eigenvalue weighted by Crippen LogP contribution is -2.28. The molecule has 140 valence electrons. The molecule has 0 aliphatic rings. The van der Waals surface area contributed by atoms with Crippen LogP contribution >= 0.6 is 0 Å². The molecule has 0 radical (unpaired) electrons. The third-order valence-corrected chi connectivity index (χ3v) is 4.78. The molecular weight excluding hydrogens is 336 g/mol. The first-order chi connectivity index (χ1) is 13.2. The number of benzene rings is 2. The van der Waals surface area contributed by atoms with Gasteiger partial charge in [0.25, 0.3) is 0 Å². The van der Waals surface area contributed by atoms with Crippen LogP contribution in [0.5, 0.6) is 0 Å². The Balaban J connectivity index is 1.65. The molecule has 1 N–H and O–H groups in total. The minimum absolute atomic E-state index is 0.0473. The fraction of sp³-hybridized carbons (Fsp3) is 0.318. The van der Waals surface area contributed by atoms with Crippen LogP contribution in [0, 0.1) is 6.92 Å². The molecule has 5 nitrogen and oxygen atoms in total. The molecule has 5 heteroatoms. The predicted molar refractivity (Wildman–Crippen MR) is 106 cm³/mol. The van der Waals surface area contributed by atoms with Gasteiger partial charge in [0.05, 0.1) is 0 Å². The van der Waals surface area contributed by atoms with E-state index in [1.54, 1.807) is 6.33 Å². The quantitative estimate of drug-likeness (QED) is 0.667. The molecule has 0 aliphatic heterocycles. The minimum Gasteiger partial charge on any atom is -0.356 e. The van der Waals surface area contributed by atoms with Crippen LogP contribution in [0.15, 0.2) is 60.9 Å². The molecule has 0 aliphatic carbocycles. The second kappa shape index (κ2) is 9.12. The fourth-order valence-electron chi connectivity index (χ4n) is 3.22. The van der Waals surface area contributed by atoms with Crippen LogP contribution in [-0.2, 0) is 17.8 Å². The van der Waals surface area contributed by atoms with Gasteiger partial charge in [-0.3, -0.25) is 4.79 Å². The largest absolute Gasteiger partial charge is 0.356 e. The highest BCUT2D eigenvalue weighted by Gasteiger charge is 2.18. The zero-order chi connectivity index (χ0) is 19.1. The van der Waals surface area contributed by atoms with Crippen LogP contribution in [0.25, 0.3) is 0 Å². The van der Waals surface area contributed by atoms with Crippen LogP contribution in [0.4, 0.5) is 0 Å². The molecule has 1 aromatic heterocycles. The summed E-state index contributed by atoms with van der Waals surface area (Å²) in [6.45, 7) is 5.52. The monoisotopic (exact) mass is 362 g/mol. The number of rotatable bonds is 8. The summed E-state index contributed by atoms with van der Waals surface area (Å²) in [5.41, 5.74) is 3.53. The lowest BCUT2D eigenvalue weighted by atomic mass is 9.88. The van der Waals surface area contributed by atoms with Crippen molar-refractivity contribution in [2.24, 2.45) is 0 Å². The SMILES string of the molecule is CCn1cnnc1CCNC(=O)C[C@H](c1ccccc1)c1ccc(C)cc1. The number of aromatic nitrogens is 3. The molecule has 0 fully saturated rings. The van der Waals surface area contributed by atoms with Gasteiger partial charge in [0.1, 0.15) is 12.2 Å². The molecule has 3 rings (SSSR count). The highest BCUT2D eigenvalue weighted by atomic mass is 16.1. The topological polar surface area (TPSA) is 59.8 Å². The second-order valence-electron chi connectivity index (χ2n) is 6.71. The third kappa shape index (κ3) is 5.03. The molecule has 1 heterocycles. The van der Waals surface area contributed by atoms with E-state index in [1.165, 1.54) is 5.56 Å². The third-order valence-electron chi connectivity index (χ3n) is 4.78. The maximum atomic E-state index is 12.6. The number of hydrogen-bond donors (Lipinski definition) is 1. The number of nitrogens with zero attached hydrogens (tertiary/aromatic N) is 3. The van der Waals surface area contributed by atoms with Crippen molar-refractivity contribution in [3.63, 3.8) is 0 Å². The Kier molecular flexibility index (Phi) is 6.36. The summed E-state index contributed by atoms with van der Waals surface area (Å²) < 4.78 is 1.99. The molecule has 0 bridgehead atoms. The maximum absolute atomic E-state index is 12.6. The number of nitrogens with one attached hydrogen (secondary N) is 1. The van der Waals surface area contributed by atoms with Crippen LogP contribution in [0.3, 0.4) is 0 Å². The zero-order valence-electron chi connectivity index (χ0n) is 15.9. The summed E-state index contributed by atoms with van der Waals surface area (Å²) in [5, 5.41) is 11.1. The number of amides is 1. The predicted octanol–water partition coefficient (Wildman–Crippen LogP) is 3.49. The van der Waals surface area contributed by atoms with Gasteiger partial charge in [0.2, 0.25) is 5.91 Å². The van der Waals surface area contributed by atoms with E-state index >= 15 is 0 Å². The summed E-state index contributed by atoms with van der Waals surface area (Å²) in [6, 6.07) is 18.6. The first-order valence-electron chi connectivity index (χ1n) is 9.42. The molecule has 0 saturated heterocycles. The van der Waals surface area contributed by atoms with Crippen LogP contribution < -0.4 is 5.32 Å². The van der Waals surface area contributed by atoms with Gasteiger partial charge in [0.15, 0.2) is 0 Å². The van der Waals surface area contributed by atoms with Crippen LogP contribution in [-0.4, -0.2) is 27.2 Å². The van der Waals surface area contributed by atoms with Crippen molar-refractivity contribution in [2.45, 2.75) is 39.2 Å². The number of aryl methyl sites for hydroxylation is 2. The first kappa shape index (κ1) is 18.8. The van der Waals surface area contributed by atoms with Crippen LogP contribution in [0.2, 0.25) is 0 Å². The standard InChI is InChI=1S/C22H26N4O/c1-3-26-16-24-25-21(26)13-14-23-22(27)15-20(18-7-5-4-6-8-18)19-11-9-17(2)10-12-19/h4-12,16,20H,3,13-15H2,1-2H3,(H,23,27)/t20-/m1/s1. The van der Waals surface area contributed by atoms with Gasteiger partial charge in [0, 0.05) is 31.8 Å². The van der Waals surface area contributed by atoms with Crippen molar-refractivity contribution < 1.29 is 4.79 Å². The van der Waals surface area contributed by atoms with Gasteiger partial charge in [-0.05, 0) is 25.0 Å². The molecule has 3 aromatic rings. The summed E-state index contributed by atoms with van der Waals surface area (Å²) in [4.78, 5) is 12.6. The molecule has 1 atom stereocenters. The van der Waals surface area contributed by atoms with Crippen molar-refractivity contribution in [1.29, 1.82) is 0 Å². The highest BCUT2D eigenvalue weighted by Crippen LogP contribution is 2.28. The average molecular weight is 362 g/mol. The van der Waals surface area contributed by atoms with Gasteiger partial charge in [-0.15, -0.1) is 10.2 Å². The van der Waals surface area contributed by atoms with Crippen LogP contribution in [0.1, 0.15) is 41.8 Å². The number of carbonyl (C=O) groups excluding carboxylic acids is 1. The van der Waals surface area contributed by atoms with Crippen molar-refractivity contribution in [1.82, 2.24) is 20.1 Å². The van der Waals surface area contributed by atoms with Gasteiger partial charge >= 0.3 is 0 Å². The Morgan fingerprint density at radius 2 is 1.78 bits per heavy atom. The van der Waals surface area contributed by atoms with Gasteiger partial charge in [-0.2, -0.15) is 0 Å². The van der Waals surface area contributed by atoms with E-state index in [4.69, 9.17) is 0 Å². The van der Waals surface area contributed by atoms with E-state index in [0.717, 1.165) is 23.5 Å². The number of hydrogen-bond acceptors (Lipinski definition) is 3. The van der Waals surface area contributed by atoms with Crippen molar-refractivity contribution in [2.75, 3.05) is 6.54 Å². The first-order valence-corrected chi connectivity index (χ1v) is 9.42. The Morgan fingerprint density at radius 3 is 2.48 bits per heavy atom. The van der Waals surface area contributed by atoms with Gasteiger partial charge in [-0.25, -0.2) is 0 Å². The van der Waals surface area contributed by atoms with Crippen molar-refractivity contribution in [3.05, 3.63) is 83.4 Å². The fourth-order valence-corrected chi connectivity index (χ4v) is 3.22. The Hall–Kier alpha value is -2.95. The lowest BCUT2D eigenvalue weighted by molar-refractivity contribution is -0.121. The summed E-state index contributed by atoms with van der Waals surface area (Å²) >= 11 is 0. The molecule has 2 aromatic carbocycles. The van der Waals surface area contributed by atoms with Gasteiger partial charge in [-0.1, -0.05) is 60.2 Å². The van der Waals surface area contributed by atoms with E-state index in [2.05, 4.69) is 65.8 Å².